The van der Waals surface area contributed by atoms with Crippen LogP contribution in [0.4, 0.5) is 0 Å². The smallest absolute Gasteiger partial charge is 0.268 e. The number of fused-ring (bicyclic) bond motifs is 8. The minimum absolute atomic E-state index is 0. The molecule has 7 aromatic carbocycles. The molecule has 0 fully saturated rings. The Morgan fingerprint density at radius 2 is 1.27 bits per heavy atom. The normalized spacial score (nSPS) is 12.2. The van der Waals surface area contributed by atoms with Gasteiger partial charge in [-0.3, -0.25) is 4.57 Å². The van der Waals surface area contributed by atoms with E-state index in [0.29, 0.717) is 11.5 Å². The van der Waals surface area contributed by atoms with Crippen LogP contribution in [0.5, 0.6) is 11.5 Å². The van der Waals surface area contributed by atoms with Crippen molar-refractivity contribution in [3.8, 4) is 62.2 Å². The fourth-order valence-electron chi connectivity index (χ4n) is 9.00. The van der Waals surface area contributed by atoms with Gasteiger partial charge in [-0.1, -0.05) is 144 Å². The summed E-state index contributed by atoms with van der Waals surface area (Å²) < 4.78 is 13.2. The van der Waals surface area contributed by atoms with Gasteiger partial charge >= 0.3 is 0 Å². The molecule has 0 saturated heterocycles. The van der Waals surface area contributed by atoms with E-state index in [1.807, 2.05) is 30.5 Å². The molecule has 0 atom stereocenters. The Morgan fingerprint density at radius 1 is 0.597 bits per heavy atom. The number of nitrogens with zero attached hydrogens (tertiary/aromatic N) is 4. The molecule has 3 aromatic heterocycles. The number of para-hydroxylation sites is 2. The van der Waals surface area contributed by atoms with E-state index in [9.17, 15) is 0 Å². The van der Waals surface area contributed by atoms with Gasteiger partial charge in [0, 0.05) is 50.0 Å². The number of ether oxygens (including phenoxy) is 1. The van der Waals surface area contributed by atoms with E-state index in [4.69, 9.17) is 9.72 Å². The summed E-state index contributed by atoms with van der Waals surface area (Å²) in [6.07, 6.45) is 5.55. The third kappa shape index (κ3) is 6.50. The summed E-state index contributed by atoms with van der Waals surface area (Å²) in [5.41, 5.74) is 14.3. The Hall–Kier alpha value is -6.55. The number of rotatable bonds is 5. The van der Waals surface area contributed by atoms with Crippen LogP contribution < -0.4 is 9.30 Å². The molecule has 0 amide bonds. The molecule has 0 N–H and O–H groups in total. The van der Waals surface area contributed by atoms with Gasteiger partial charge in [0.1, 0.15) is 5.82 Å². The number of hydrogen-bond acceptors (Lipinski definition) is 2. The minimum Gasteiger partial charge on any atom is -0.510 e. The summed E-state index contributed by atoms with van der Waals surface area (Å²) in [5, 5.41) is 3.54. The molecule has 306 valence electrons. The van der Waals surface area contributed by atoms with Crippen molar-refractivity contribution in [3.63, 3.8) is 0 Å². The average molecular weight is 984 g/mol. The van der Waals surface area contributed by atoms with E-state index < -0.39 is 0 Å². The second-order valence-electron chi connectivity index (χ2n) is 18.1. The summed E-state index contributed by atoms with van der Waals surface area (Å²) in [6, 6.07) is 61.0. The maximum atomic E-state index is 6.73. The van der Waals surface area contributed by atoms with Crippen LogP contribution in [0.25, 0.3) is 83.4 Å². The van der Waals surface area contributed by atoms with Crippen LogP contribution in [0.3, 0.4) is 0 Å². The van der Waals surface area contributed by atoms with Crippen LogP contribution in [0.1, 0.15) is 52.7 Å². The fraction of sp³-hybridized carbons (Fsp3) is 0.143. The monoisotopic (exact) mass is 983 g/mol. The standard InChI is InChI=1S/C56H44N4O.Pt/c1-55(2,3)37-24-26-39(27-25-37)58-35-59(49-23-10-9-22-48(49)58)40-16-13-17-41(33-40)61-42-28-29-46-50(34-42)60(51-32-38(30-31-57-51)56(4,5)6)54-45-19-8-7-18-43(45)44-20-11-14-36-15-12-21-47(52(36)44)53(46)54;/h7-32H,1-6H3;/q-2;. The van der Waals surface area contributed by atoms with Crippen molar-refractivity contribution in [3.05, 3.63) is 187 Å². The number of hydrogen-bond donors (Lipinski definition) is 0. The number of benzene rings is 7. The van der Waals surface area contributed by atoms with Crippen LogP contribution in [-0.2, 0) is 31.9 Å². The van der Waals surface area contributed by atoms with Gasteiger partial charge in [-0.15, -0.1) is 29.7 Å². The minimum atomic E-state index is -0.0746. The first kappa shape index (κ1) is 39.6. The van der Waals surface area contributed by atoms with Gasteiger partial charge in [0.2, 0.25) is 0 Å². The summed E-state index contributed by atoms with van der Waals surface area (Å²) in [6.45, 7) is 13.4. The number of pyridine rings is 1. The third-order valence-electron chi connectivity index (χ3n) is 12.1. The Labute approximate surface area is 377 Å². The first-order valence-corrected chi connectivity index (χ1v) is 21.0. The first-order valence-electron chi connectivity index (χ1n) is 21.0. The first-order chi connectivity index (χ1) is 29.5. The van der Waals surface area contributed by atoms with Gasteiger partial charge in [0.15, 0.2) is 0 Å². The van der Waals surface area contributed by atoms with E-state index in [1.165, 1.54) is 38.6 Å². The number of aromatic nitrogens is 4. The fourth-order valence-corrected chi connectivity index (χ4v) is 9.00. The molecule has 0 bridgehead atoms. The molecule has 5 nitrogen and oxygen atoms in total. The molecular formula is C56H44N4OPt-2. The maximum absolute atomic E-state index is 6.73. The zero-order valence-electron chi connectivity index (χ0n) is 35.5. The molecule has 0 saturated carbocycles. The van der Waals surface area contributed by atoms with Crippen molar-refractivity contribution in [2.75, 3.05) is 0 Å². The van der Waals surface area contributed by atoms with Crippen molar-refractivity contribution < 1.29 is 30.4 Å². The Bertz CT molecular complexity index is 3350. The van der Waals surface area contributed by atoms with E-state index in [-0.39, 0.29) is 31.9 Å². The van der Waals surface area contributed by atoms with Crippen molar-refractivity contribution in [2.24, 2.45) is 0 Å². The van der Waals surface area contributed by atoms with Crippen LogP contribution in [0.2, 0.25) is 0 Å². The van der Waals surface area contributed by atoms with E-state index in [2.05, 4.69) is 201 Å². The molecule has 0 spiro atoms. The van der Waals surface area contributed by atoms with E-state index in [0.717, 1.165) is 55.9 Å². The second kappa shape index (κ2) is 14.8. The third-order valence-corrected chi connectivity index (χ3v) is 12.1. The van der Waals surface area contributed by atoms with E-state index in [1.54, 1.807) is 0 Å². The van der Waals surface area contributed by atoms with Crippen molar-refractivity contribution >= 4 is 32.7 Å². The van der Waals surface area contributed by atoms with Crippen LogP contribution in [-0.4, -0.2) is 14.1 Å². The molecule has 3 heterocycles. The molecule has 0 unspecified atom stereocenters. The zero-order chi connectivity index (χ0) is 41.6. The summed E-state index contributed by atoms with van der Waals surface area (Å²) in [4.78, 5) is 5.07. The van der Waals surface area contributed by atoms with Crippen LogP contribution in [0.15, 0.2) is 158 Å². The van der Waals surface area contributed by atoms with Crippen molar-refractivity contribution in [2.45, 2.75) is 52.4 Å². The quantitative estimate of drug-likeness (QED) is 0.127. The zero-order valence-corrected chi connectivity index (χ0v) is 37.8. The maximum Gasteiger partial charge on any atom is 0.268 e. The topological polar surface area (TPSA) is 35.9 Å². The molecule has 1 aliphatic rings. The van der Waals surface area contributed by atoms with Gasteiger partial charge < -0.3 is 13.9 Å². The molecule has 10 aromatic rings. The molecule has 0 radical (unpaired) electrons. The summed E-state index contributed by atoms with van der Waals surface area (Å²) in [5.74, 6) is 2.01. The van der Waals surface area contributed by atoms with Gasteiger partial charge in [0.25, 0.3) is 6.33 Å². The van der Waals surface area contributed by atoms with Crippen molar-refractivity contribution in [1.82, 2.24) is 14.1 Å². The van der Waals surface area contributed by atoms with Gasteiger partial charge in [0.05, 0.1) is 16.7 Å². The van der Waals surface area contributed by atoms with Crippen LogP contribution in [0, 0.1) is 18.5 Å². The second-order valence-corrected chi connectivity index (χ2v) is 18.1. The molecule has 11 rings (SSSR count). The largest absolute Gasteiger partial charge is 0.510 e. The SMILES string of the molecule is CC(C)(C)c1ccc(-[n+]2[c-]n(-c3[c-]c(Oc4[c-]c5c(cc4)c4c(n5-c5cc(C(C)(C)C)ccn5)-c5ccccc5-c5cccc6cccc-4c56)ccc3)c3ccccc32)cc1.[Pt]. The molecule has 0 aliphatic heterocycles. The average Bonchev–Trinajstić information content (AvgIpc) is 3.78. The number of imidazole rings is 1. The van der Waals surface area contributed by atoms with Crippen molar-refractivity contribution in [1.29, 1.82) is 0 Å². The molecule has 6 heteroatoms. The summed E-state index contributed by atoms with van der Waals surface area (Å²) in [7, 11) is 0. The van der Waals surface area contributed by atoms with Gasteiger partial charge in [-0.25, -0.2) is 4.98 Å². The molecule has 62 heavy (non-hydrogen) atoms. The Kier molecular flexibility index (Phi) is 9.46. The van der Waals surface area contributed by atoms with E-state index >= 15 is 0 Å². The predicted molar refractivity (Wildman–Crippen MR) is 247 cm³/mol. The molecular weight excluding hydrogens is 940 g/mol. The molecule has 1 aliphatic carbocycles. The van der Waals surface area contributed by atoms with Crippen LogP contribution >= 0.6 is 0 Å². The predicted octanol–water partition coefficient (Wildman–Crippen LogP) is 13.5. The Balaban J connectivity index is 0.00000458. The summed E-state index contributed by atoms with van der Waals surface area (Å²) >= 11 is 0. The van der Waals surface area contributed by atoms with Gasteiger partial charge in [-0.05, 0) is 84.9 Å². The Morgan fingerprint density at radius 3 is 2.05 bits per heavy atom. The van der Waals surface area contributed by atoms with Gasteiger partial charge in [-0.2, -0.15) is 18.2 Å².